The molecule has 0 amide bonds. The average Bonchev–Trinajstić information content (AvgIpc) is 2.72. The maximum Gasteiger partial charge on any atom is 0.356 e. The van der Waals surface area contributed by atoms with Crippen LogP contribution < -0.4 is 4.74 Å². The lowest BCUT2D eigenvalue weighted by Crippen LogP contribution is -1.95. The monoisotopic (exact) mass is 246 g/mol. The zero-order valence-electron chi connectivity index (χ0n) is 10.3. The Morgan fingerprint density at radius 1 is 1.50 bits per heavy atom. The zero-order valence-corrected chi connectivity index (χ0v) is 10.3. The first-order chi connectivity index (χ1) is 8.61. The summed E-state index contributed by atoms with van der Waals surface area (Å²) < 4.78 is 7.10. The van der Waals surface area contributed by atoms with Gasteiger partial charge in [0.25, 0.3) is 0 Å². The van der Waals surface area contributed by atoms with Crippen LogP contribution in [0.15, 0.2) is 30.5 Å². The summed E-state index contributed by atoms with van der Waals surface area (Å²) in [5.41, 5.74) is 0.866. The Balaban J connectivity index is 2.41. The Morgan fingerprint density at radius 3 is 2.89 bits per heavy atom. The Bertz CT molecular complexity index is 575. The van der Waals surface area contributed by atoms with E-state index in [1.165, 1.54) is 6.20 Å². The van der Waals surface area contributed by atoms with Gasteiger partial charge in [-0.1, -0.05) is 12.1 Å². The second-order valence-corrected chi connectivity index (χ2v) is 3.83. The van der Waals surface area contributed by atoms with Crippen molar-refractivity contribution in [2.75, 3.05) is 6.61 Å². The van der Waals surface area contributed by atoms with Gasteiger partial charge in [0.05, 0.1) is 6.61 Å². The third-order valence-corrected chi connectivity index (χ3v) is 2.50. The molecule has 0 saturated carbocycles. The molecule has 2 rings (SSSR count). The van der Waals surface area contributed by atoms with Gasteiger partial charge < -0.3 is 14.4 Å². The summed E-state index contributed by atoms with van der Waals surface area (Å²) in [5.74, 6) is 0.321. The highest BCUT2D eigenvalue weighted by Gasteiger charge is 2.12. The molecule has 0 atom stereocenters. The second kappa shape index (κ2) is 4.91. The van der Waals surface area contributed by atoms with Gasteiger partial charge in [0.1, 0.15) is 11.6 Å². The number of aromatic carboxylic acids is 1. The van der Waals surface area contributed by atoms with E-state index in [9.17, 15) is 4.79 Å². The molecule has 0 radical (unpaired) electrons. The van der Waals surface area contributed by atoms with E-state index in [4.69, 9.17) is 9.84 Å². The summed E-state index contributed by atoms with van der Waals surface area (Å²) in [4.78, 5) is 15.0. The van der Waals surface area contributed by atoms with Crippen LogP contribution in [0.5, 0.6) is 5.75 Å². The number of hydrogen-bond acceptors (Lipinski definition) is 3. The molecular weight excluding hydrogens is 232 g/mol. The largest absolute Gasteiger partial charge is 0.494 e. The lowest BCUT2D eigenvalue weighted by atomic mass is 10.2. The smallest absolute Gasteiger partial charge is 0.356 e. The molecule has 1 heterocycles. The number of ether oxygens (including phenoxy) is 1. The molecule has 18 heavy (non-hydrogen) atoms. The average molecular weight is 246 g/mol. The van der Waals surface area contributed by atoms with Gasteiger partial charge in [-0.25, -0.2) is 9.78 Å². The first-order valence-corrected chi connectivity index (χ1v) is 5.61. The summed E-state index contributed by atoms with van der Waals surface area (Å²) >= 11 is 0. The lowest BCUT2D eigenvalue weighted by molar-refractivity contribution is 0.0691. The minimum atomic E-state index is -1.03. The van der Waals surface area contributed by atoms with Gasteiger partial charge in [-0.05, 0) is 19.1 Å². The third-order valence-electron chi connectivity index (χ3n) is 2.50. The van der Waals surface area contributed by atoms with Crippen LogP contribution in [0, 0.1) is 0 Å². The van der Waals surface area contributed by atoms with E-state index >= 15 is 0 Å². The molecule has 0 bridgehead atoms. The fourth-order valence-corrected chi connectivity index (χ4v) is 1.73. The fourth-order valence-electron chi connectivity index (χ4n) is 1.73. The van der Waals surface area contributed by atoms with E-state index in [-0.39, 0.29) is 5.69 Å². The molecule has 0 aliphatic heterocycles. The molecular formula is C13H14N2O3. The van der Waals surface area contributed by atoms with Gasteiger partial charge in [0.15, 0.2) is 5.69 Å². The number of aromatic nitrogens is 2. The van der Waals surface area contributed by atoms with Crippen molar-refractivity contribution in [3.63, 3.8) is 0 Å². The van der Waals surface area contributed by atoms with Gasteiger partial charge in [0.2, 0.25) is 0 Å². The quantitative estimate of drug-likeness (QED) is 0.898. The molecule has 1 aromatic carbocycles. The Kier molecular flexibility index (Phi) is 3.32. The summed E-state index contributed by atoms with van der Waals surface area (Å²) in [7, 11) is 1.77. The maximum absolute atomic E-state index is 10.9. The van der Waals surface area contributed by atoms with E-state index in [0.29, 0.717) is 12.4 Å². The number of imidazole rings is 1. The molecule has 5 heteroatoms. The number of nitrogens with zero attached hydrogens (tertiary/aromatic N) is 2. The molecule has 94 valence electrons. The number of carbonyl (C=O) groups is 1. The van der Waals surface area contributed by atoms with Crippen LogP contribution in [0.4, 0.5) is 0 Å². The minimum absolute atomic E-state index is 0.0364. The topological polar surface area (TPSA) is 64.3 Å². The molecule has 0 aliphatic rings. The van der Waals surface area contributed by atoms with Crippen molar-refractivity contribution in [1.82, 2.24) is 9.55 Å². The Hall–Kier alpha value is -2.30. The number of benzene rings is 1. The molecule has 0 saturated heterocycles. The van der Waals surface area contributed by atoms with Crippen LogP contribution in [0.1, 0.15) is 17.4 Å². The minimum Gasteiger partial charge on any atom is -0.494 e. The Labute approximate surface area is 105 Å². The molecule has 0 aliphatic carbocycles. The summed E-state index contributed by atoms with van der Waals surface area (Å²) in [6, 6.07) is 7.43. The van der Waals surface area contributed by atoms with Crippen molar-refractivity contribution in [2.24, 2.45) is 7.05 Å². The van der Waals surface area contributed by atoms with Gasteiger partial charge in [-0.3, -0.25) is 0 Å². The fraction of sp³-hybridized carbons (Fsp3) is 0.231. The maximum atomic E-state index is 10.9. The van der Waals surface area contributed by atoms with Gasteiger partial charge in [-0.2, -0.15) is 0 Å². The number of rotatable bonds is 4. The number of hydrogen-bond donors (Lipinski definition) is 1. The van der Waals surface area contributed by atoms with Crippen LogP contribution in [0.2, 0.25) is 0 Å². The standard InChI is InChI=1S/C13H14N2O3/c1-3-18-10-6-4-5-9(7-10)12-14-11(13(16)17)8-15(12)2/h4-8H,3H2,1-2H3,(H,16,17). The highest BCUT2D eigenvalue weighted by molar-refractivity contribution is 5.86. The van der Waals surface area contributed by atoms with E-state index < -0.39 is 5.97 Å². The van der Waals surface area contributed by atoms with Crippen LogP contribution in [0.3, 0.4) is 0 Å². The predicted molar refractivity (Wildman–Crippen MR) is 66.8 cm³/mol. The van der Waals surface area contributed by atoms with Crippen molar-refractivity contribution in [3.05, 3.63) is 36.2 Å². The first kappa shape index (κ1) is 12.2. The summed E-state index contributed by atoms with van der Waals surface area (Å²) in [6.07, 6.45) is 1.49. The van der Waals surface area contributed by atoms with Crippen molar-refractivity contribution in [3.8, 4) is 17.1 Å². The molecule has 1 aromatic heterocycles. The second-order valence-electron chi connectivity index (χ2n) is 3.83. The molecule has 0 spiro atoms. The summed E-state index contributed by atoms with van der Waals surface area (Å²) in [6.45, 7) is 2.50. The molecule has 1 N–H and O–H groups in total. The van der Waals surface area contributed by atoms with Gasteiger partial charge in [0, 0.05) is 18.8 Å². The van der Waals surface area contributed by atoms with Gasteiger partial charge >= 0.3 is 5.97 Å². The highest BCUT2D eigenvalue weighted by Crippen LogP contribution is 2.23. The number of aryl methyl sites for hydroxylation is 1. The summed E-state index contributed by atoms with van der Waals surface area (Å²) in [5, 5.41) is 8.91. The van der Waals surface area contributed by atoms with E-state index in [0.717, 1.165) is 11.3 Å². The zero-order chi connectivity index (χ0) is 13.1. The van der Waals surface area contributed by atoms with Gasteiger partial charge in [-0.15, -0.1) is 0 Å². The number of carboxylic acid groups (broad SMARTS) is 1. The predicted octanol–water partition coefficient (Wildman–Crippen LogP) is 2.18. The third kappa shape index (κ3) is 2.34. The molecule has 0 fully saturated rings. The van der Waals surface area contributed by atoms with Crippen LogP contribution in [-0.4, -0.2) is 27.2 Å². The highest BCUT2D eigenvalue weighted by atomic mass is 16.5. The van der Waals surface area contributed by atoms with Crippen molar-refractivity contribution < 1.29 is 14.6 Å². The van der Waals surface area contributed by atoms with Crippen molar-refractivity contribution >= 4 is 5.97 Å². The normalized spacial score (nSPS) is 10.3. The first-order valence-electron chi connectivity index (χ1n) is 5.61. The SMILES string of the molecule is CCOc1cccc(-c2nc(C(=O)O)cn2C)c1. The van der Waals surface area contributed by atoms with Crippen LogP contribution in [-0.2, 0) is 7.05 Å². The van der Waals surface area contributed by atoms with E-state index in [2.05, 4.69) is 4.98 Å². The van der Waals surface area contributed by atoms with Crippen LogP contribution >= 0.6 is 0 Å². The van der Waals surface area contributed by atoms with Crippen molar-refractivity contribution in [1.29, 1.82) is 0 Å². The van der Waals surface area contributed by atoms with E-state index in [1.807, 2.05) is 31.2 Å². The lowest BCUT2D eigenvalue weighted by Gasteiger charge is -2.05. The Morgan fingerprint density at radius 2 is 2.28 bits per heavy atom. The molecule has 5 nitrogen and oxygen atoms in total. The van der Waals surface area contributed by atoms with Crippen molar-refractivity contribution in [2.45, 2.75) is 6.92 Å². The van der Waals surface area contributed by atoms with Crippen LogP contribution in [0.25, 0.3) is 11.4 Å². The molecule has 2 aromatic rings. The molecule has 0 unspecified atom stereocenters. The van der Waals surface area contributed by atoms with E-state index in [1.54, 1.807) is 11.6 Å². The number of carboxylic acids is 1.